The van der Waals surface area contributed by atoms with Crippen LogP contribution in [-0.4, -0.2) is 11.1 Å². The van der Waals surface area contributed by atoms with Crippen LogP contribution < -0.4 is 0 Å². The topological polar surface area (TPSA) is 37.3 Å². The van der Waals surface area contributed by atoms with Crippen LogP contribution in [0, 0.1) is 0 Å². The molecule has 1 aliphatic rings. The highest BCUT2D eigenvalue weighted by atomic mass is 16.4. The van der Waals surface area contributed by atoms with Gasteiger partial charge in [0.2, 0.25) is 0 Å². The van der Waals surface area contributed by atoms with Gasteiger partial charge < -0.3 is 5.11 Å². The van der Waals surface area contributed by atoms with Gasteiger partial charge in [-0.1, -0.05) is 30.7 Å². The van der Waals surface area contributed by atoms with Crippen molar-refractivity contribution in [2.75, 3.05) is 0 Å². The first-order valence-corrected chi connectivity index (χ1v) is 6.06. The summed E-state index contributed by atoms with van der Waals surface area (Å²) in [5.74, 6) is 0.0826. The lowest BCUT2D eigenvalue weighted by Gasteiger charge is -2.25. The Kier molecular flexibility index (Phi) is 3.60. The van der Waals surface area contributed by atoms with Gasteiger partial charge in [-0.2, -0.15) is 0 Å². The summed E-state index contributed by atoms with van der Waals surface area (Å²) in [4.78, 5) is 10.4. The molecule has 2 heteroatoms. The largest absolute Gasteiger partial charge is 0.481 e. The molecule has 0 atom stereocenters. The number of carboxylic acid groups (broad SMARTS) is 1. The van der Waals surface area contributed by atoms with Gasteiger partial charge in [0.15, 0.2) is 0 Å². The molecule has 16 heavy (non-hydrogen) atoms. The standard InChI is InChI=1S/C14H18O2/c15-14(16)6-1-3-11-7-9-13(10-8-11)12-4-2-5-12/h7-10,12H,1-6H2,(H,15,16). The van der Waals surface area contributed by atoms with Crippen LogP contribution in [0.1, 0.15) is 49.1 Å². The lowest BCUT2D eigenvalue weighted by molar-refractivity contribution is -0.137. The molecule has 1 aromatic carbocycles. The maximum absolute atomic E-state index is 10.4. The third kappa shape index (κ3) is 2.84. The summed E-state index contributed by atoms with van der Waals surface area (Å²) in [6.07, 6.45) is 5.90. The van der Waals surface area contributed by atoms with Crippen LogP contribution in [0.25, 0.3) is 0 Å². The van der Waals surface area contributed by atoms with Crippen LogP contribution in [0.15, 0.2) is 24.3 Å². The lowest BCUT2D eigenvalue weighted by atomic mass is 9.80. The molecule has 1 aliphatic carbocycles. The molecule has 0 unspecified atom stereocenters. The molecule has 0 aliphatic heterocycles. The third-order valence-electron chi connectivity index (χ3n) is 3.41. The minimum absolute atomic E-state index is 0.268. The number of benzene rings is 1. The smallest absolute Gasteiger partial charge is 0.303 e. The van der Waals surface area contributed by atoms with Crippen molar-refractivity contribution in [1.29, 1.82) is 0 Å². The summed E-state index contributed by atoms with van der Waals surface area (Å²) in [6.45, 7) is 0. The van der Waals surface area contributed by atoms with Gasteiger partial charge in [-0.15, -0.1) is 0 Å². The first-order valence-electron chi connectivity index (χ1n) is 6.06. The monoisotopic (exact) mass is 218 g/mol. The minimum Gasteiger partial charge on any atom is -0.481 e. The Morgan fingerprint density at radius 2 is 1.94 bits per heavy atom. The van der Waals surface area contributed by atoms with E-state index >= 15 is 0 Å². The fourth-order valence-corrected chi connectivity index (χ4v) is 2.14. The molecule has 1 N–H and O–H groups in total. The molecule has 0 bridgehead atoms. The molecule has 86 valence electrons. The lowest BCUT2D eigenvalue weighted by Crippen LogP contribution is -2.08. The van der Waals surface area contributed by atoms with Crippen molar-refractivity contribution in [3.05, 3.63) is 35.4 Å². The molecule has 0 amide bonds. The zero-order chi connectivity index (χ0) is 11.4. The van der Waals surface area contributed by atoms with Gasteiger partial charge in [0, 0.05) is 6.42 Å². The van der Waals surface area contributed by atoms with E-state index in [4.69, 9.17) is 5.11 Å². The van der Waals surface area contributed by atoms with Crippen LogP contribution in [0.3, 0.4) is 0 Å². The maximum Gasteiger partial charge on any atom is 0.303 e. The van der Waals surface area contributed by atoms with Crippen LogP contribution >= 0.6 is 0 Å². The Hall–Kier alpha value is -1.31. The molecule has 0 radical (unpaired) electrons. The van der Waals surface area contributed by atoms with Crippen LogP contribution in [0.2, 0.25) is 0 Å². The van der Waals surface area contributed by atoms with Crippen molar-refractivity contribution in [2.45, 2.75) is 44.4 Å². The second-order valence-corrected chi connectivity index (χ2v) is 4.62. The van der Waals surface area contributed by atoms with Gasteiger partial charge in [-0.3, -0.25) is 4.79 Å². The molecule has 0 saturated heterocycles. The highest BCUT2D eigenvalue weighted by Crippen LogP contribution is 2.36. The summed E-state index contributed by atoms with van der Waals surface area (Å²) < 4.78 is 0. The van der Waals surface area contributed by atoms with E-state index < -0.39 is 5.97 Å². The van der Waals surface area contributed by atoms with Gasteiger partial charge in [0.1, 0.15) is 0 Å². The number of aryl methyl sites for hydroxylation is 1. The Labute approximate surface area is 96.3 Å². The Morgan fingerprint density at radius 1 is 1.25 bits per heavy atom. The summed E-state index contributed by atoms with van der Waals surface area (Å²) in [5, 5.41) is 8.55. The molecular weight excluding hydrogens is 200 g/mol. The van der Waals surface area contributed by atoms with Gasteiger partial charge in [0.25, 0.3) is 0 Å². The minimum atomic E-state index is -0.703. The third-order valence-corrected chi connectivity index (χ3v) is 3.41. The van der Waals surface area contributed by atoms with Gasteiger partial charge in [0.05, 0.1) is 0 Å². The predicted octanol–water partition coefficient (Wildman–Crippen LogP) is 3.36. The molecule has 0 spiro atoms. The van der Waals surface area contributed by atoms with E-state index in [9.17, 15) is 4.79 Å². The summed E-state index contributed by atoms with van der Waals surface area (Å²) in [7, 11) is 0. The van der Waals surface area contributed by atoms with E-state index in [1.165, 1.54) is 30.4 Å². The highest BCUT2D eigenvalue weighted by molar-refractivity contribution is 5.66. The van der Waals surface area contributed by atoms with Crippen LogP contribution in [0.4, 0.5) is 0 Å². The number of carbonyl (C=O) groups is 1. The number of carboxylic acids is 1. The maximum atomic E-state index is 10.4. The molecule has 1 fully saturated rings. The van der Waals surface area contributed by atoms with Crippen molar-refractivity contribution in [1.82, 2.24) is 0 Å². The highest BCUT2D eigenvalue weighted by Gasteiger charge is 2.18. The Balaban J connectivity index is 1.84. The molecule has 0 heterocycles. The van der Waals surface area contributed by atoms with Crippen LogP contribution in [0.5, 0.6) is 0 Å². The average Bonchev–Trinajstić information content (AvgIpc) is 2.17. The van der Waals surface area contributed by atoms with Crippen molar-refractivity contribution in [2.24, 2.45) is 0 Å². The first kappa shape index (κ1) is 11.2. The molecular formula is C14H18O2. The fourth-order valence-electron chi connectivity index (χ4n) is 2.14. The van der Waals surface area contributed by atoms with E-state index in [-0.39, 0.29) is 6.42 Å². The molecule has 2 nitrogen and oxygen atoms in total. The number of hydrogen-bond donors (Lipinski definition) is 1. The first-order chi connectivity index (χ1) is 7.75. The SMILES string of the molecule is O=C(O)CCCc1ccc(C2CCC2)cc1. The Bertz CT molecular complexity index is 350. The zero-order valence-electron chi connectivity index (χ0n) is 9.48. The van der Waals surface area contributed by atoms with E-state index in [0.717, 1.165) is 18.8 Å². The molecule has 0 aromatic heterocycles. The number of rotatable bonds is 5. The summed E-state index contributed by atoms with van der Waals surface area (Å²) >= 11 is 0. The summed E-state index contributed by atoms with van der Waals surface area (Å²) in [5.41, 5.74) is 2.71. The quantitative estimate of drug-likeness (QED) is 0.822. The number of hydrogen-bond acceptors (Lipinski definition) is 1. The second-order valence-electron chi connectivity index (χ2n) is 4.62. The van der Waals surface area contributed by atoms with Crippen LogP contribution in [-0.2, 0) is 11.2 Å². The van der Waals surface area contributed by atoms with E-state index in [1.54, 1.807) is 0 Å². The van der Waals surface area contributed by atoms with Gasteiger partial charge >= 0.3 is 5.97 Å². The van der Waals surface area contributed by atoms with Crippen molar-refractivity contribution < 1.29 is 9.90 Å². The molecule has 1 saturated carbocycles. The second kappa shape index (κ2) is 5.15. The zero-order valence-corrected chi connectivity index (χ0v) is 9.48. The fraction of sp³-hybridized carbons (Fsp3) is 0.500. The Morgan fingerprint density at radius 3 is 2.44 bits per heavy atom. The van der Waals surface area contributed by atoms with Gasteiger partial charge in [-0.05, 0) is 42.7 Å². The van der Waals surface area contributed by atoms with Crippen molar-refractivity contribution in [3.8, 4) is 0 Å². The van der Waals surface area contributed by atoms with Gasteiger partial charge in [-0.25, -0.2) is 0 Å². The molecule has 2 rings (SSSR count). The predicted molar refractivity (Wildman–Crippen MR) is 63.6 cm³/mol. The van der Waals surface area contributed by atoms with E-state index in [0.29, 0.717) is 0 Å². The molecule has 1 aromatic rings. The van der Waals surface area contributed by atoms with Crippen molar-refractivity contribution >= 4 is 5.97 Å². The van der Waals surface area contributed by atoms with E-state index in [1.807, 2.05) is 0 Å². The van der Waals surface area contributed by atoms with Crippen molar-refractivity contribution in [3.63, 3.8) is 0 Å². The normalized spacial score (nSPS) is 15.8. The summed E-state index contributed by atoms with van der Waals surface area (Å²) in [6, 6.07) is 8.71. The van der Waals surface area contributed by atoms with E-state index in [2.05, 4.69) is 24.3 Å². The number of aliphatic carboxylic acids is 1. The average molecular weight is 218 g/mol.